The van der Waals surface area contributed by atoms with E-state index in [4.69, 9.17) is 14.2 Å². The first-order valence-corrected chi connectivity index (χ1v) is 8.60. The summed E-state index contributed by atoms with van der Waals surface area (Å²) in [5.41, 5.74) is 0.827. The summed E-state index contributed by atoms with van der Waals surface area (Å²) in [7, 11) is 3.16. The Balaban J connectivity index is 2.05. The predicted octanol–water partition coefficient (Wildman–Crippen LogP) is 3.27. The van der Waals surface area contributed by atoms with E-state index in [0.29, 0.717) is 36.9 Å². The van der Waals surface area contributed by atoms with Crippen LogP contribution in [0.5, 0.6) is 17.2 Å². The van der Waals surface area contributed by atoms with Crippen LogP contribution in [0, 0.1) is 0 Å². The number of hydrogen-bond acceptors (Lipinski definition) is 6. The Bertz CT molecular complexity index is 707. The van der Waals surface area contributed by atoms with Gasteiger partial charge in [-0.15, -0.1) is 17.9 Å². The second-order valence-corrected chi connectivity index (χ2v) is 6.14. The fraction of sp³-hybridized carbons (Fsp3) is 0.333. The van der Waals surface area contributed by atoms with Crippen LogP contribution in [0.1, 0.15) is 17.6 Å². The number of ether oxygens (including phenoxy) is 3. The van der Waals surface area contributed by atoms with E-state index in [1.165, 1.54) is 18.3 Å². The van der Waals surface area contributed by atoms with Gasteiger partial charge in [0, 0.05) is 18.8 Å². The second kappa shape index (κ2) is 9.08. The number of benzene rings is 1. The zero-order valence-corrected chi connectivity index (χ0v) is 15.5. The maximum atomic E-state index is 11.6. The van der Waals surface area contributed by atoms with E-state index >= 15 is 0 Å². The number of thiazole rings is 1. The van der Waals surface area contributed by atoms with Gasteiger partial charge in [0.2, 0.25) is 11.7 Å². The maximum Gasteiger partial charge on any atom is 0.220 e. The highest BCUT2D eigenvalue weighted by Crippen LogP contribution is 2.37. The van der Waals surface area contributed by atoms with Crippen molar-refractivity contribution in [3.63, 3.8) is 0 Å². The summed E-state index contributed by atoms with van der Waals surface area (Å²) in [6.45, 7) is 6.45. The molecule has 0 aliphatic rings. The van der Waals surface area contributed by atoms with Crippen molar-refractivity contribution in [2.24, 2.45) is 0 Å². The molecule has 0 saturated heterocycles. The zero-order chi connectivity index (χ0) is 18.2. The third-order valence-corrected chi connectivity index (χ3v) is 4.34. The molecule has 2 aromatic rings. The summed E-state index contributed by atoms with van der Waals surface area (Å²) in [4.78, 5) is 17.8. The molecular weight excluding hydrogens is 340 g/mol. The van der Waals surface area contributed by atoms with Gasteiger partial charge in [-0.25, -0.2) is 4.98 Å². The van der Waals surface area contributed by atoms with Crippen LogP contribution in [0.2, 0.25) is 0 Å². The second-order valence-electron chi connectivity index (χ2n) is 5.20. The lowest BCUT2D eigenvalue weighted by Gasteiger charge is -2.17. The molecule has 1 aromatic carbocycles. The Labute approximate surface area is 151 Å². The van der Waals surface area contributed by atoms with Crippen LogP contribution in [0.4, 0.5) is 0 Å². The molecule has 0 saturated carbocycles. The van der Waals surface area contributed by atoms with Crippen molar-refractivity contribution in [1.29, 1.82) is 0 Å². The van der Waals surface area contributed by atoms with Gasteiger partial charge in [0.05, 0.1) is 26.5 Å². The van der Waals surface area contributed by atoms with Crippen molar-refractivity contribution in [3.05, 3.63) is 46.9 Å². The molecule has 1 heterocycles. The molecule has 0 spiro atoms. The number of aromatic nitrogens is 1. The van der Waals surface area contributed by atoms with Gasteiger partial charge in [-0.2, -0.15) is 0 Å². The lowest BCUT2D eigenvalue weighted by Crippen LogP contribution is -2.28. The predicted molar refractivity (Wildman–Crippen MR) is 97.3 cm³/mol. The highest BCUT2D eigenvalue weighted by Gasteiger charge is 2.14. The Kier molecular flexibility index (Phi) is 6.82. The molecule has 0 fully saturated rings. The van der Waals surface area contributed by atoms with E-state index in [1.54, 1.807) is 25.2 Å². The minimum atomic E-state index is -0.00976. The van der Waals surface area contributed by atoms with Gasteiger partial charge in [0.1, 0.15) is 11.6 Å². The summed E-state index contributed by atoms with van der Waals surface area (Å²) >= 11 is 1.49. The van der Waals surface area contributed by atoms with E-state index in [9.17, 15) is 4.79 Å². The minimum Gasteiger partial charge on any atom is -0.493 e. The van der Waals surface area contributed by atoms with Gasteiger partial charge >= 0.3 is 0 Å². The van der Waals surface area contributed by atoms with Gasteiger partial charge in [-0.05, 0) is 12.1 Å². The molecule has 0 bridgehead atoms. The van der Waals surface area contributed by atoms with Crippen LogP contribution in [-0.4, -0.2) is 36.6 Å². The monoisotopic (exact) mass is 362 g/mol. The number of carbonyl (C=O) groups excluding carboxylic acids is 1. The molecule has 134 valence electrons. The van der Waals surface area contributed by atoms with Gasteiger partial charge in [0.25, 0.3) is 0 Å². The van der Waals surface area contributed by atoms with E-state index < -0.39 is 0 Å². The Morgan fingerprint density at radius 3 is 2.56 bits per heavy atom. The van der Waals surface area contributed by atoms with Crippen molar-refractivity contribution in [2.75, 3.05) is 20.8 Å². The molecule has 0 aliphatic carbocycles. The first kappa shape index (κ1) is 18.8. The van der Waals surface area contributed by atoms with Gasteiger partial charge in [-0.3, -0.25) is 4.79 Å². The van der Waals surface area contributed by atoms with Crippen LogP contribution in [0.3, 0.4) is 0 Å². The van der Waals surface area contributed by atoms with Crippen LogP contribution in [0.25, 0.3) is 0 Å². The fourth-order valence-electron chi connectivity index (χ4n) is 2.24. The summed E-state index contributed by atoms with van der Waals surface area (Å²) in [5.74, 6) is 1.74. The van der Waals surface area contributed by atoms with Crippen LogP contribution >= 0.6 is 11.3 Å². The molecule has 0 atom stereocenters. The summed E-state index contributed by atoms with van der Waals surface area (Å²) in [5, 5.41) is 2.74. The Morgan fingerprint density at radius 1 is 1.32 bits per heavy atom. The third kappa shape index (κ3) is 4.96. The SMILES string of the molecule is C=CCN(Cc1csc(COc2c(OC)cccc2OC)n1)C(C)=O. The molecule has 7 heteroatoms. The molecular formula is C18H22N2O4S. The van der Waals surface area contributed by atoms with E-state index in [-0.39, 0.29) is 5.91 Å². The van der Waals surface area contributed by atoms with Crippen LogP contribution in [-0.2, 0) is 17.9 Å². The molecule has 1 amide bonds. The maximum absolute atomic E-state index is 11.6. The van der Waals surface area contributed by atoms with Crippen molar-refractivity contribution >= 4 is 17.2 Å². The Morgan fingerprint density at radius 2 is 2.00 bits per heavy atom. The highest BCUT2D eigenvalue weighted by atomic mass is 32.1. The smallest absolute Gasteiger partial charge is 0.220 e. The first-order valence-electron chi connectivity index (χ1n) is 7.72. The standard InChI is InChI=1S/C18H22N2O4S/c1-5-9-20(13(2)21)10-14-12-25-17(19-14)11-24-18-15(22-3)7-6-8-16(18)23-4/h5-8,12H,1,9-11H2,2-4H3. The van der Waals surface area contributed by atoms with Crippen molar-refractivity contribution in [1.82, 2.24) is 9.88 Å². The average Bonchev–Trinajstić information content (AvgIpc) is 3.06. The first-order chi connectivity index (χ1) is 12.1. The van der Waals surface area contributed by atoms with E-state index in [1.807, 2.05) is 23.6 Å². The van der Waals surface area contributed by atoms with Gasteiger partial charge in [0.15, 0.2) is 11.5 Å². The molecule has 1 aromatic heterocycles. The molecule has 25 heavy (non-hydrogen) atoms. The largest absolute Gasteiger partial charge is 0.493 e. The molecule has 0 aliphatic heterocycles. The van der Waals surface area contributed by atoms with Crippen molar-refractivity contribution in [2.45, 2.75) is 20.1 Å². The number of hydrogen-bond donors (Lipinski definition) is 0. The lowest BCUT2D eigenvalue weighted by atomic mass is 10.3. The Hall–Kier alpha value is -2.54. The summed E-state index contributed by atoms with van der Waals surface area (Å²) in [6, 6.07) is 5.46. The third-order valence-electron chi connectivity index (χ3n) is 3.47. The minimum absolute atomic E-state index is 0.00976. The number of carbonyl (C=O) groups is 1. The molecule has 6 nitrogen and oxygen atoms in total. The number of methoxy groups -OCH3 is 2. The van der Waals surface area contributed by atoms with Crippen molar-refractivity contribution < 1.29 is 19.0 Å². The number of rotatable bonds is 9. The van der Waals surface area contributed by atoms with Crippen LogP contribution in [0.15, 0.2) is 36.2 Å². The lowest BCUT2D eigenvalue weighted by molar-refractivity contribution is -0.128. The number of para-hydroxylation sites is 1. The van der Waals surface area contributed by atoms with E-state index in [2.05, 4.69) is 11.6 Å². The summed E-state index contributed by atoms with van der Waals surface area (Å²) in [6.07, 6.45) is 1.70. The quantitative estimate of drug-likeness (QED) is 0.641. The topological polar surface area (TPSA) is 60.9 Å². The molecule has 2 rings (SSSR count). The average molecular weight is 362 g/mol. The number of nitrogens with zero attached hydrogens (tertiary/aromatic N) is 2. The summed E-state index contributed by atoms with van der Waals surface area (Å²) < 4.78 is 16.5. The van der Waals surface area contributed by atoms with E-state index in [0.717, 1.165) is 10.7 Å². The fourth-order valence-corrected chi connectivity index (χ4v) is 2.93. The highest BCUT2D eigenvalue weighted by molar-refractivity contribution is 7.09. The molecule has 0 radical (unpaired) electrons. The van der Waals surface area contributed by atoms with Crippen LogP contribution < -0.4 is 14.2 Å². The van der Waals surface area contributed by atoms with Gasteiger partial charge < -0.3 is 19.1 Å². The molecule has 0 N–H and O–H groups in total. The van der Waals surface area contributed by atoms with Gasteiger partial charge in [-0.1, -0.05) is 12.1 Å². The number of amides is 1. The normalized spacial score (nSPS) is 10.2. The van der Waals surface area contributed by atoms with Crippen molar-refractivity contribution in [3.8, 4) is 17.2 Å². The zero-order valence-electron chi connectivity index (χ0n) is 14.7. The molecule has 0 unspecified atom stereocenters.